The molecule has 0 aromatic heterocycles. The maximum Gasteiger partial charge on any atom is 0.198 e. The Kier molecular flexibility index (Phi) is 2.34. The van der Waals surface area contributed by atoms with Crippen molar-refractivity contribution in [1.29, 1.82) is 5.26 Å². The topological polar surface area (TPSA) is 36.3 Å². The largest absolute Gasteiger partial charge is 0.468 e. The number of nitriles is 1. The van der Waals surface area contributed by atoms with Gasteiger partial charge in [0.05, 0.1) is 0 Å². The van der Waals surface area contributed by atoms with E-state index in [1.165, 1.54) is 0 Å². The van der Waals surface area contributed by atoms with Gasteiger partial charge in [-0.15, -0.1) is 0 Å². The Morgan fingerprint density at radius 3 is 2.53 bits per heavy atom. The molecule has 0 saturated heterocycles. The van der Waals surface area contributed by atoms with Crippen LogP contribution in [-0.2, 0) is 4.74 Å². The Morgan fingerprint density at radius 1 is 1.33 bits per heavy atom. The van der Waals surface area contributed by atoms with E-state index in [4.69, 9.17) is 10.00 Å². The monoisotopic (exact) mass is 200 g/mol. The lowest BCUT2D eigenvalue weighted by Gasteiger charge is -2.20. The second-order valence-electron chi connectivity index (χ2n) is 3.51. The predicted molar refractivity (Wildman–Crippen MR) is 56.3 cm³/mol. The molecule has 1 heterocycles. The van der Waals surface area contributed by atoms with Gasteiger partial charge in [-0.1, -0.05) is 30.3 Å². The van der Waals surface area contributed by atoms with Gasteiger partial charge in [0, 0.05) is 12.6 Å². The number of hydrogen-bond donors (Lipinski definition) is 0. The van der Waals surface area contributed by atoms with E-state index in [-0.39, 0.29) is 6.23 Å². The lowest BCUT2D eigenvalue weighted by molar-refractivity contribution is 0.0559. The molecule has 1 aromatic carbocycles. The first-order chi connectivity index (χ1) is 7.24. The van der Waals surface area contributed by atoms with Crippen molar-refractivity contribution in [2.75, 3.05) is 7.05 Å². The lowest BCUT2D eigenvalue weighted by Crippen LogP contribution is -2.18. The fourth-order valence-corrected chi connectivity index (χ4v) is 1.73. The van der Waals surface area contributed by atoms with Crippen LogP contribution < -0.4 is 0 Å². The normalized spacial score (nSPS) is 20.1. The molecule has 3 heteroatoms. The molecule has 15 heavy (non-hydrogen) atoms. The molecular weight excluding hydrogens is 188 g/mol. The van der Waals surface area contributed by atoms with Crippen molar-refractivity contribution in [2.24, 2.45) is 0 Å². The molecule has 2 rings (SSSR count). The van der Waals surface area contributed by atoms with E-state index in [0.717, 1.165) is 5.56 Å². The summed E-state index contributed by atoms with van der Waals surface area (Å²) in [5, 5.41) is 8.94. The number of nitrogens with zero attached hydrogens (tertiary/aromatic N) is 2. The van der Waals surface area contributed by atoms with E-state index < -0.39 is 0 Å². The average Bonchev–Trinajstić information content (AvgIpc) is 2.55. The first-order valence-corrected chi connectivity index (χ1v) is 4.79. The van der Waals surface area contributed by atoms with E-state index in [1.807, 2.05) is 49.2 Å². The maximum atomic E-state index is 8.94. The molecule has 1 aliphatic rings. The first kappa shape index (κ1) is 9.60. The van der Waals surface area contributed by atoms with Crippen LogP contribution in [0.3, 0.4) is 0 Å². The van der Waals surface area contributed by atoms with Gasteiger partial charge in [-0.2, -0.15) is 5.26 Å². The smallest absolute Gasteiger partial charge is 0.198 e. The van der Waals surface area contributed by atoms with Gasteiger partial charge >= 0.3 is 0 Å². The standard InChI is InChI=1S/C12H12N2O/c1-9-11(8-13)14(2)12(15-9)10-6-4-3-5-7-10/h3-7,12H,1-2H3. The molecule has 0 N–H and O–H groups in total. The van der Waals surface area contributed by atoms with Crippen LogP contribution in [0.15, 0.2) is 41.8 Å². The minimum Gasteiger partial charge on any atom is -0.468 e. The van der Waals surface area contributed by atoms with E-state index in [1.54, 1.807) is 0 Å². The van der Waals surface area contributed by atoms with Crippen LogP contribution in [-0.4, -0.2) is 11.9 Å². The minimum absolute atomic E-state index is 0.166. The van der Waals surface area contributed by atoms with Gasteiger partial charge in [0.1, 0.15) is 11.8 Å². The van der Waals surface area contributed by atoms with Crippen LogP contribution in [0.2, 0.25) is 0 Å². The third kappa shape index (κ3) is 1.55. The van der Waals surface area contributed by atoms with E-state index in [9.17, 15) is 0 Å². The predicted octanol–water partition coefficient (Wildman–Crippen LogP) is 2.40. The zero-order chi connectivity index (χ0) is 10.8. The van der Waals surface area contributed by atoms with Crippen molar-refractivity contribution in [2.45, 2.75) is 13.2 Å². The second kappa shape index (κ2) is 3.66. The summed E-state index contributed by atoms with van der Waals surface area (Å²) in [4.78, 5) is 1.85. The van der Waals surface area contributed by atoms with Gasteiger partial charge in [0.25, 0.3) is 0 Å². The number of allylic oxidation sites excluding steroid dienone is 2. The van der Waals surface area contributed by atoms with E-state index in [0.29, 0.717) is 11.5 Å². The summed E-state index contributed by atoms with van der Waals surface area (Å²) in [5.41, 5.74) is 1.66. The van der Waals surface area contributed by atoms with Crippen molar-refractivity contribution in [3.05, 3.63) is 47.4 Å². The van der Waals surface area contributed by atoms with Gasteiger partial charge in [-0.25, -0.2) is 0 Å². The van der Waals surface area contributed by atoms with Crippen LogP contribution in [0.1, 0.15) is 18.7 Å². The molecule has 0 amide bonds. The average molecular weight is 200 g/mol. The van der Waals surface area contributed by atoms with Crippen molar-refractivity contribution < 1.29 is 4.74 Å². The van der Waals surface area contributed by atoms with Crippen LogP contribution in [0.25, 0.3) is 0 Å². The summed E-state index contributed by atoms with van der Waals surface area (Å²) in [7, 11) is 1.87. The lowest BCUT2D eigenvalue weighted by atomic mass is 10.2. The third-order valence-corrected chi connectivity index (χ3v) is 2.52. The Labute approximate surface area is 89.2 Å². The Hall–Kier alpha value is -1.95. The molecule has 0 spiro atoms. The summed E-state index contributed by atoms with van der Waals surface area (Å²) in [5.74, 6) is 0.689. The molecule has 0 saturated carbocycles. The molecule has 0 aliphatic carbocycles. The highest BCUT2D eigenvalue weighted by atomic mass is 16.5. The summed E-state index contributed by atoms with van der Waals surface area (Å²) >= 11 is 0. The maximum absolute atomic E-state index is 8.94. The minimum atomic E-state index is -0.166. The Morgan fingerprint density at radius 2 is 2.00 bits per heavy atom. The third-order valence-electron chi connectivity index (χ3n) is 2.52. The van der Waals surface area contributed by atoms with Gasteiger partial charge in [-0.05, 0) is 6.92 Å². The second-order valence-corrected chi connectivity index (χ2v) is 3.51. The molecule has 76 valence electrons. The van der Waals surface area contributed by atoms with Crippen molar-refractivity contribution in [3.8, 4) is 6.07 Å². The first-order valence-electron chi connectivity index (χ1n) is 4.79. The van der Waals surface area contributed by atoms with Crippen LogP contribution in [0.4, 0.5) is 0 Å². The fourth-order valence-electron chi connectivity index (χ4n) is 1.73. The molecule has 0 bridgehead atoms. The molecule has 0 radical (unpaired) electrons. The zero-order valence-corrected chi connectivity index (χ0v) is 8.77. The van der Waals surface area contributed by atoms with Crippen molar-refractivity contribution in [3.63, 3.8) is 0 Å². The molecule has 1 aromatic rings. The number of rotatable bonds is 1. The molecule has 0 fully saturated rings. The molecule has 1 unspecified atom stereocenters. The highest BCUT2D eigenvalue weighted by Gasteiger charge is 2.29. The fraction of sp³-hybridized carbons (Fsp3) is 0.250. The Balaban J connectivity index is 2.29. The molecule has 3 nitrogen and oxygen atoms in total. The highest BCUT2D eigenvalue weighted by molar-refractivity contribution is 5.29. The summed E-state index contributed by atoms with van der Waals surface area (Å²) < 4.78 is 5.65. The molecule has 1 atom stereocenters. The quantitative estimate of drug-likeness (QED) is 0.698. The van der Waals surface area contributed by atoms with Crippen LogP contribution >= 0.6 is 0 Å². The van der Waals surface area contributed by atoms with Gasteiger partial charge in [0.15, 0.2) is 11.9 Å². The zero-order valence-electron chi connectivity index (χ0n) is 8.77. The molecular formula is C12H12N2O. The highest BCUT2D eigenvalue weighted by Crippen LogP contribution is 2.33. The van der Waals surface area contributed by atoms with Gasteiger partial charge in [-0.3, -0.25) is 0 Å². The summed E-state index contributed by atoms with van der Waals surface area (Å²) in [6, 6.07) is 12.0. The van der Waals surface area contributed by atoms with E-state index in [2.05, 4.69) is 6.07 Å². The number of ether oxygens (including phenoxy) is 1. The van der Waals surface area contributed by atoms with Crippen LogP contribution in [0, 0.1) is 11.3 Å². The van der Waals surface area contributed by atoms with Crippen molar-refractivity contribution >= 4 is 0 Å². The summed E-state index contributed by atoms with van der Waals surface area (Å²) in [6.07, 6.45) is -0.166. The molecule has 1 aliphatic heterocycles. The van der Waals surface area contributed by atoms with Gasteiger partial charge < -0.3 is 9.64 Å². The summed E-state index contributed by atoms with van der Waals surface area (Å²) in [6.45, 7) is 1.82. The van der Waals surface area contributed by atoms with Crippen molar-refractivity contribution in [1.82, 2.24) is 4.90 Å². The van der Waals surface area contributed by atoms with E-state index >= 15 is 0 Å². The Bertz CT molecular complexity index is 431. The SMILES string of the molecule is CC1=C(C#N)N(C)C(c2ccccc2)O1. The number of hydrogen-bond acceptors (Lipinski definition) is 3. The number of benzene rings is 1. The van der Waals surface area contributed by atoms with Gasteiger partial charge in [0.2, 0.25) is 0 Å². The van der Waals surface area contributed by atoms with Crippen LogP contribution in [0.5, 0.6) is 0 Å².